The van der Waals surface area contributed by atoms with Crippen LogP contribution in [0.15, 0.2) is 0 Å². The smallest absolute Gasteiger partial charge is 0.0131 e. The third kappa shape index (κ3) is 2.15. The molecular weight excluding hydrogens is 232 g/mol. The highest BCUT2D eigenvalue weighted by Crippen LogP contribution is 2.65. The fourth-order valence-electron chi connectivity index (χ4n) is 5.15. The largest absolute Gasteiger partial charge is 0.311 e. The monoisotopic (exact) mass is 264 g/mol. The van der Waals surface area contributed by atoms with Gasteiger partial charge in [-0.25, -0.2) is 0 Å². The van der Waals surface area contributed by atoms with Gasteiger partial charge in [0.25, 0.3) is 0 Å². The van der Waals surface area contributed by atoms with E-state index in [1.54, 1.807) is 0 Å². The van der Waals surface area contributed by atoms with Gasteiger partial charge in [0.2, 0.25) is 0 Å². The maximum Gasteiger partial charge on any atom is 0.0131 e. The van der Waals surface area contributed by atoms with Crippen LogP contribution < -0.4 is 5.32 Å². The van der Waals surface area contributed by atoms with Crippen molar-refractivity contribution in [1.82, 2.24) is 10.2 Å². The highest BCUT2D eigenvalue weighted by Gasteiger charge is 2.61. The van der Waals surface area contributed by atoms with Gasteiger partial charge in [0.05, 0.1) is 0 Å². The molecule has 19 heavy (non-hydrogen) atoms. The van der Waals surface area contributed by atoms with Crippen molar-refractivity contribution >= 4 is 0 Å². The van der Waals surface area contributed by atoms with Gasteiger partial charge in [0, 0.05) is 12.1 Å². The Labute approximate surface area is 119 Å². The van der Waals surface area contributed by atoms with Gasteiger partial charge in [-0.1, -0.05) is 20.8 Å². The Morgan fingerprint density at radius 1 is 1.05 bits per heavy atom. The Balaban J connectivity index is 1.65. The van der Waals surface area contributed by atoms with Crippen LogP contribution in [0.4, 0.5) is 0 Å². The Bertz CT molecular complexity index is 338. The first-order valence-electron chi connectivity index (χ1n) is 8.38. The molecule has 3 aliphatic rings. The van der Waals surface area contributed by atoms with Gasteiger partial charge in [-0.15, -0.1) is 0 Å². The first-order chi connectivity index (χ1) is 8.93. The predicted octanol–water partition coefficient (Wildman–Crippen LogP) is 3.28. The van der Waals surface area contributed by atoms with Crippen LogP contribution in [0.3, 0.4) is 0 Å². The number of hydrogen-bond donors (Lipinski definition) is 1. The third-order valence-electron chi connectivity index (χ3n) is 7.18. The molecule has 1 aliphatic heterocycles. The highest BCUT2D eigenvalue weighted by atomic mass is 15.1. The molecule has 0 aromatic carbocycles. The standard InChI is InChI=1S/C17H32N2/c1-16(2)13-7-9-17(16,3)15(12-13)18-14-6-5-10-19(4)11-8-14/h13-15,18H,5-12H2,1-4H3. The fourth-order valence-corrected chi connectivity index (χ4v) is 5.15. The summed E-state index contributed by atoms with van der Waals surface area (Å²) in [5, 5.41) is 4.08. The Morgan fingerprint density at radius 2 is 1.84 bits per heavy atom. The molecule has 4 atom stereocenters. The van der Waals surface area contributed by atoms with Crippen LogP contribution in [0.25, 0.3) is 0 Å². The summed E-state index contributed by atoms with van der Waals surface area (Å²) in [6.45, 7) is 10.2. The molecule has 110 valence electrons. The third-order valence-corrected chi connectivity index (χ3v) is 7.18. The molecule has 1 heterocycles. The lowest BCUT2D eigenvalue weighted by atomic mass is 9.69. The quantitative estimate of drug-likeness (QED) is 0.823. The second-order valence-corrected chi connectivity index (χ2v) is 8.26. The molecular formula is C17H32N2. The van der Waals surface area contributed by atoms with E-state index in [0.29, 0.717) is 10.8 Å². The lowest BCUT2D eigenvalue weighted by Gasteiger charge is -2.41. The summed E-state index contributed by atoms with van der Waals surface area (Å²) in [7, 11) is 2.27. The van der Waals surface area contributed by atoms with Crippen LogP contribution in [-0.4, -0.2) is 37.1 Å². The summed E-state index contributed by atoms with van der Waals surface area (Å²) in [6, 6.07) is 1.54. The Morgan fingerprint density at radius 3 is 2.47 bits per heavy atom. The highest BCUT2D eigenvalue weighted by molar-refractivity contribution is 5.13. The van der Waals surface area contributed by atoms with Gasteiger partial charge >= 0.3 is 0 Å². The first-order valence-corrected chi connectivity index (χ1v) is 8.38. The minimum absolute atomic E-state index is 0.538. The first kappa shape index (κ1) is 13.9. The van der Waals surface area contributed by atoms with Crippen LogP contribution in [0, 0.1) is 16.7 Å². The van der Waals surface area contributed by atoms with E-state index in [1.165, 1.54) is 51.6 Å². The number of likely N-dealkylation sites (tertiary alicyclic amines) is 1. The molecule has 0 radical (unpaired) electrons. The van der Waals surface area contributed by atoms with Crippen LogP contribution >= 0.6 is 0 Å². The van der Waals surface area contributed by atoms with E-state index in [1.807, 2.05) is 0 Å². The Kier molecular flexibility index (Phi) is 3.46. The normalized spacial score (nSPS) is 46.4. The zero-order valence-electron chi connectivity index (χ0n) is 13.3. The van der Waals surface area contributed by atoms with Gasteiger partial charge in [-0.2, -0.15) is 0 Å². The van der Waals surface area contributed by atoms with Crippen molar-refractivity contribution in [2.75, 3.05) is 20.1 Å². The zero-order valence-corrected chi connectivity index (χ0v) is 13.3. The molecule has 2 nitrogen and oxygen atoms in total. The molecule has 2 saturated carbocycles. The molecule has 2 bridgehead atoms. The zero-order chi connectivity index (χ0) is 13.7. The van der Waals surface area contributed by atoms with Gasteiger partial charge in [-0.3, -0.25) is 0 Å². The van der Waals surface area contributed by atoms with Crippen molar-refractivity contribution in [2.24, 2.45) is 16.7 Å². The van der Waals surface area contributed by atoms with Crippen LogP contribution in [0.2, 0.25) is 0 Å². The molecule has 3 fully saturated rings. The number of rotatable bonds is 2. The molecule has 4 unspecified atom stereocenters. The topological polar surface area (TPSA) is 15.3 Å². The predicted molar refractivity (Wildman–Crippen MR) is 81.3 cm³/mol. The average Bonchev–Trinajstić information content (AvgIpc) is 2.59. The maximum atomic E-state index is 4.08. The second kappa shape index (κ2) is 4.73. The number of hydrogen-bond acceptors (Lipinski definition) is 2. The molecule has 1 N–H and O–H groups in total. The van der Waals surface area contributed by atoms with E-state index in [0.717, 1.165) is 18.0 Å². The van der Waals surface area contributed by atoms with E-state index in [-0.39, 0.29) is 0 Å². The molecule has 1 saturated heterocycles. The summed E-state index contributed by atoms with van der Waals surface area (Å²) in [4.78, 5) is 2.49. The van der Waals surface area contributed by atoms with Crippen molar-refractivity contribution < 1.29 is 0 Å². The van der Waals surface area contributed by atoms with Crippen molar-refractivity contribution in [3.05, 3.63) is 0 Å². The number of fused-ring (bicyclic) bond motifs is 2. The summed E-state index contributed by atoms with van der Waals surface area (Å²) >= 11 is 0. The molecule has 2 aliphatic carbocycles. The molecule has 0 spiro atoms. The van der Waals surface area contributed by atoms with Gasteiger partial charge in [0.15, 0.2) is 0 Å². The molecule has 3 rings (SSSR count). The molecule has 0 amide bonds. The molecule has 2 heteroatoms. The van der Waals surface area contributed by atoms with Gasteiger partial charge in [0.1, 0.15) is 0 Å². The van der Waals surface area contributed by atoms with Gasteiger partial charge in [-0.05, 0) is 75.4 Å². The minimum atomic E-state index is 0.538. The lowest BCUT2D eigenvalue weighted by molar-refractivity contribution is 0.113. The van der Waals surface area contributed by atoms with Crippen LogP contribution in [0.5, 0.6) is 0 Å². The van der Waals surface area contributed by atoms with Crippen molar-refractivity contribution in [2.45, 2.75) is 71.4 Å². The average molecular weight is 264 g/mol. The van der Waals surface area contributed by atoms with E-state index in [2.05, 4.69) is 38.0 Å². The summed E-state index contributed by atoms with van der Waals surface area (Å²) in [5.41, 5.74) is 1.09. The number of nitrogens with one attached hydrogen (secondary N) is 1. The summed E-state index contributed by atoms with van der Waals surface area (Å²) < 4.78 is 0. The maximum absolute atomic E-state index is 4.08. The van der Waals surface area contributed by atoms with E-state index >= 15 is 0 Å². The summed E-state index contributed by atoms with van der Waals surface area (Å²) in [6.07, 6.45) is 8.42. The Hall–Kier alpha value is -0.0800. The van der Waals surface area contributed by atoms with Crippen molar-refractivity contribution in [3.8, 4) is 0 Å². The van der Waals surface area contributed by atoms with Gasteiger partial charge < -0.3 is 10.2 Å². The van der Waals surface area contributed by atoms with E-state index < -0.39 is 0 Å². The second-order valence-electron chi connectivity index (χ2n) is 8.26. The van der Waals surface area contributed by atoms with E-state index in [9.17, 15) is 0 Å². The van der Waals surface area contributed by atoms with Crippen LogP contribution in [-0.2, 0) is 0 Å². The van der Waals surface area contributed by atoms with Crippen molar-refractivity contribution in [3.63, 3.8) is 0 Å². The molecule has 0 aromatic heterocycles. The van der Waals surface area contributed by atoms with E-state index in [4.69, 9.17) is 0 Å². The fraction of sp³-hybridized carbons (Fsp3) is 1.00. The van der Waals surface area contributed by atoms with Crippen LogP contribution in [0.1, 0.15) is 59.3 Å². The summed E-state index contributed by atoms with van der Waals surface area (Å²) in [5.74, 6) is 0.962. The van der Waals surface area contributed by atoms with Crippen molar-refractivity contribution in [1.29, 1.82) is 0 Å². The molecule has 0 aromatic rings. The lowest BCUT2D eigenvalue weighted by Crippen LogP contribution is -2.48. The SMILES string of the molecule is CN1CCCC(NC2CC3CCC2(C)C3(C)C)CC1. The minimum Gasteiger partial charge on any atom is -0.311 e. The number of nitrogens with zero attached hydrogens (tertiary/aromatic N) is 1.